The second-order valence-corrected chi connectivity index (χ2v) is 4.96. The van der Waals surface area contributed by atoms with Gasteiger partial charge in [-0.3, -0.25) is 0 Å². The normalized spacial score (nSPS) is 10.4. The Morgan fingerprint density at radius 1 is 1.53 bits per heavy atom. The SMILES string of the molecule is O=C(O)c1ccoc1CSc1ncccc1Br. The summed E-state index contributed by atoms with van der Waals surface area (Å²) in [4.78, 5) is 15.0. The molecule has 0 saturated heterocycles. The number of nitrogens with zero attached hydrogens (tertiary/aromatic N) is 1. The fraction of sp³-hybridized carbons (Fsp3) is 0.0909. The number of rotatable bonds is 4. The van der Waals surface area contributed by atoms with Crippen molar-refractivity contribution in [1.29, 1.82) is 0 Å². The standard InChI is InChI=1S/C11H8BrNO3S/c12-8-2-1-4-13-10(8)17-6-9-7(11(14)15)3-5-16-9/h1-5H,6H2,(H,14,15). The summed E-state index contributed by atoms with van der Waals surface area (Å²) in [5.74, 6) is -0.0981. The van der Waals surface area contributed by atoms with Gasteiger partial charge in [-0.15, -0.1) is 0 Å². The molecule has 6 heteroatoms. The van der Waals surface area contributed by atoms with Crippen LogP contribution in [0.3, 0.4) is 0 Å². The van der Waals surface area contributed by atoms with Crippen molar-refractivity contribution in [2.45, 2.75) is 10.8 Å². The van der Waals surface area contributed by atoms with Gasteiger partial charge in [0.25, 0.3) is 0 Å². The van der Waals surface area contributed by atoms with E-state index in [1.165, 1.54) is 24.1 Å². The largest absolute Gasteiger partial charge is 0.478 e. The van der Waals surface area contributed by atoms with Gasteiger partial charge in [0.1, 0.15) is 16.3 Å². The number of pyridine rings is 1. The lowest BCUT2D eigenvalue weighted by Gasteiger charge is -2.01. The molecule has 2 aromatic rings. The molecule has 0 aromatic carbocycles. The first-order chi connectivity index (χ1) is 8.18. The Bertz CT molecular complexity index is 541. The average molecular weight is 314 g/mol. The fourth-order valence-corrected chi connectivity index (χ4v) is 2.69. The van der Waals surface area contributed by atoms with Crippen LogP contribution in [0.2, 0.25) is 0 Å². The molecule has 2 heterocycles. The summed E-state index contributed by atoms with van der Waals surface area (Å²) < 4.78 is 6.03. The van der Waals surface area contributed by atoms with Crippen LogP contribution in [-0.2, 0) is 5.75 Å². The summed E-state index contributed by atoms with van der Waals surface area (Å²) in [6.07, 6.45) is 3.07. The maximum absolute atomic E-state index is 10.9. The molecule has 0 radical (unpaired) electrons. The molecule has 0 saturated carbocycles. The molecule has 0 aliphatic carbocycles. The number of aromatic nitrogens is 1. The van der Waals surface area contributed by atoms with E-state index in [9.17, 15) is 4.79 Å². The first-order valence-electron chi connectivity index (χ1n) is 4.71. The van der Waals surface area contributed by atoms with Crippen molar-refractivity contribution < 1.29 is 14.3 Å². The molecule has 0 aliphatic heterocycles. The van der Waals surface area contributed by atoms with Gasteiger partial charge in [0.2, 0.25) is 0 Å². The summed E-state index contributed by atoms with van der Waals surface area (Å²) in [5, 5.41) is 9.72. The molecule has 0 atom stereocenters. The Labute approximate surface area is 110 Å². The Balaban J connectivity index is 2.10. The van der Waals surface area contributed by atoms with Crippen LogP contribution in [-0.4, -0.2) is 16.1 Å². The molecule has 0 spiro atoms. The minimum atomic E-state index is -0.977. The molecule has 17 heavy (non-hydrogen) atoms. The minimum Gasteiger partial charge on any atom is -0.478 e. The summed E-state index contributed by atoms with van der Waals surface area (Å²) in [7, 11) is 0. The third-order valence-corrected chi connectivity index (χ3v) is 3.95. The van der Waals surface area contributed by atoms with Crippen LogP contribution < -0.4 is 0 Å². The molecular weight excluding hydrogens is 306 g/mol. The molecule has 0 amide bonds. The summed E-state index contributed by atoms with van der Waals surface area (Å²) in [5.41, 5.74) is 0.199. The number of carboxylic acid groups (broad SMARTS) is 1. The van der Waals surface area contributed by atoms with E-state index in [1.807, 2.05) is 12.1 Å². The van der Waals surface area contributed by atoms with Gasteiger partial charge < -0.3 is 9.52 Å². The molecule has 0 fully saturated rings. The number of hydrogen-bond donors (Lipinski definition) is 1. The lowest BCUT2D eigenvalue weighted by Crippen LogP contribution is -1.97. The number of thioether (sulfide) groups is 1. The molecule has 4 nitrogen and oxygen atoms in total. The summed E-state index contributed by atoms with van der Waals surface area (Å²) in [6.45, 7) is 0. The zero-order chi connectivity index (χ0) is 12.3. The molecule has 2 aromatic heterocycles. The van der Waals surface area contributed by atoms with E-state index in [0.717, 1.165) is 9.50 Å². The van der Waals surface area contributed by atoms with Gasteiger partial charge in [0, 0.05) is 10.7 Å². The van der Waals surface area contributed by atoms with E-state index in [2.05, 4.69) is 20.9 Å². The van der Waals surface area contributed by atoms with Crippen LogP contribution in [0.4, 0.5) is 0 Å². The van der Waals surface area contributed by atoms with Crippen molar-refractivity contribution in [2.24, 2.45) is 0 Å². The van der Waals surface area contributed by atoms with Crippen molar-refractivity contribution >= 4 is 33.7 Å². The second-order valence-electron chi connectivity index (χ2n) is 3.14. The predicted octanol–water partition coefficient (Wildman–Crippen LogP) is 3.43. The monoisotopic (exact) mass is 313 g/mol. The van der Waals surface area contributed by atoms with Crippen molar-refractivity contribution in [2.75, 3.05) is 0 Å². The van der Waals surface area contributed by atoms with E-state index in [-0.39, 0.29) is 5.56 Å². The van der Waals surface area contributed by atoms with Gasteiger partial charge in [-0.25, -0.2) is 9.78 Å². The average Bonchev–Trinajstić information content (AvgIpc) is 2.76. The minimum absolute atomic E-state index is 0.199. The smallest absolute Gasteiger partial charge is 0.339 e. The van der Waals surface area contributed by atoms with E-state index in [1.54, 1.807) is 6.20 Å². The molecule has 88 valence electrons. The van der Waals surface area contributed by atoms with Crippen LogP contribution in [0.1, 0.15) is 16.1 Å². The van der Waals surface area contributed by atoms with Crippen LogP contribution in [0.5, 0.6) is 0 Å². The Morgan fingerprint density at radius 3 is 3.06 bits per heavy atom. The first-order valence-corrected chi connectivity index (χ1v) is 6.49. The summed E-state index contributed by atoms with van der Waals surface area (Å²) >= 11 is 4.80. The number of aromatic carboxylic acids is 1. The molecule has 1 N–H and O–H groups in total. The van der Waals surface area contributed by atoms with E-state index < -0.39 is 5.97 Å². The number of carbonyl (C=O) groups is 1. The first kappa shape index (κ1) is 12.2. The van der Waals surface area contributed by atoms with Crippen LogP contribution in [0.25, 0.3) is 0 Å². The lowest BCUT2D eigenvalue weighted by atomic mass is 10.3. The molecule has 0 unspecified atom stereocenters. The summed E-state index contributed by atoms with van der Waals surface area (Å²) in [6, 6.07) is 5.16. The number of furan rings is 1. The highest BCUT2D eigenvalue weighted by Crippen LogP contribution is 2.28. The topological polar surface area (TPSA) is 63.3 Å². The third-order valence-electron chi connectivity index (χ3n) is 2.04. The molecule has 0 bridgehead atoms. The number of hydrogen-bond acceptors (Lipinski definition) is 4. The van der Waals surface area contributed by atoms with Crippen LogP contribution in [0.15, 0.2) is 44.6 Å². The van der Waals surface area contributed by atoms with Gasteiger partial charge in [0.05, 0.1) is 12.0 Å². The fourth-order valence-electron chi connectivity index (χ4n) is 1.25. The van der Waals surface area contributed by atoms with Crippen LogP contribution in [0, 0.1) is 0 Å². The Hall–Kier alpha value is -1.27. The van der Waals surface area contributed by atoms with Crippen molar-refractivity contribution in [3.8, 4) is 0 Å². The molecule has 2 rings (SSSR count). The van der Waals surface area contributed by atoms with Crippen LogP contribution >= 0.6 is 27.7 Å². The van der Waals surface area contributed by atoms with E-state index in [4.69, 9.17) is 9.52 Å². The third kappa shape index (κ3) is 2.89. The predicted molar refractivity (Wildman–Crippen MR) is 67.2 cm³/mol. The molecule has 0 aliphatic rings. The van der Waals surface area contributed by atoms with Gasteiger partial charge in [-0.1, -0.05) is 11.8 Å². The maximum Gasteiger partial charge on any atom is 0.339 e. The highest BCUT2D eigenvalue weighted by Gasteiger charge is 2.14. The van der Waals surface area contributed by atoms with Crippen molar-refractivity contribution in [1.82, 2.24) is 4.98 Å². The quantitative estimate of drug-likeness (QED) is 0.876. The van der Waals surface area contributed by atoms with Crippen molar-refractivity contribution in [3.05, 3.63) is 46.5 Å². The zero-order valence-corrected chi connectivity index (χ0v) is 11.0. The highest BCUT2D eigenvalue weighted by atomic mass is 79.9. The zero-order valence-electron chi connectivity index (χ0n) is 8.59. The van der Waals surface area contributed by atoms with Gasteiger partial charge in [-0.2, -0.15) is 0 Å². The van der Waals surface area contributed by atoms with Gasteiger partial charge in [-0.05, 0) is 34.1 Å². The van der Waals surface area contributed by atoms with Crippen molar-refractivity contribution in [3.63, 3.8) is 0 Å². The van der Waals surface area contributed by atoms with E-state index >= 15 is 0 Å². The van der Waals surface area contributed by atoms with Gasteiger partial charge in [0.15, 0.2) is 0 Å². The number of carboxylic acids is 1. The Morgan fingerprint density at radius 2 is 2.35 bits per heavy atom. The van der Waals surface area contributed by atoms with E-state index in [0.29, 0.717) is 11.5 Å². The number of halogens is 1. The highest BCUT2D eigenvalue weighted by molar-refractivity contribution is 9.10. The van der Waals surface area contributed by atoms with Gasteiger partial charge >= 0.3 is 5.97 Å². The lowest BCUT2D eigenvalue weighted by molar-refractivity contribution is 0.0695. The Kier molecular flexibility index (Phi) is 3.86. The second kappa shape index (κ2) is 5.37. The maximum atomic E-state index is 10.9. The molecular formula is C11H8BrNO3S.